The Labute approximate surface area is 617 Å². The van der Waals surface area contributed by atoms with Gasteiger partial charge in [-0.25, -0.2) is 73.7 Å². The first-order valence-electron chi connectivity index (χ1n) is 31.1. The summed E-state index contributed by atoms with van der Waals surface area (Å²) in [5, 5.41) is 25.2. The molecule has 0 aliphatic rings. The Hall–Kier alpha value is -9.90. The molecule has 0 aliphatic heterocycles. The smallest absolute Gasteiger partial charge is 0.258 e. The van der Waals surface area contributed by atoms with Gasteiger partial charge in [0, 0.05) is 45.2 Å². The van der Waals surface area contributed by atoms with Gasteiger partial charge in [0.15, 0.2) is 23.3 Å². The van der Waals surface area contributed by atoms with E-state index in [0.29, 0.717) is 55.3 Å². The van der Waals surface area contributed by atoms with Crippen LogP contribution in [0, 0.1) is 169 Å². The fraction of sp³-hybridized carbons (Fsp3) is 0.156. The molecular formula is C77H53ClF10N8O2S6. The van der Waals surface area contributed by atoms with E-state index in [0.717, 1.165) is 134 Å². The Balaban J connectivity index is 0.000000130. The minimum Gasteiger partial charge on any atom is -0.258 e. The van der Waals surface area contributed by atoms with Crippen molar-refractivity contribution in [3.05, 3.63) is 259 Å². The molecule has 9 aromatic carbocycles. The summed E-state index contributed by atoms with van der Waals surface area (Å²) in [4.78, 5) is 37.8. The lowest BCUT2D eigenvalue weighted by atomic mass is 10.0. The maximum atomic E-state index is 13.9. The van der Waals surface area contributed by atoms with Crippen LogP contribution >= 0.6 is 79.6 Å². The van der Waals surface area contributed by atoms with Crippen molar-refractivity contribution in [1.29, 1.82) is 5.26 Å². The Morgan fingerprint density at radius 1 is 0.452 bits per heavy atom. The molecule has 0 amide bonds. The maximum absolute atomic E-state index is 13.9. The average molecular weight is 1540 g/mol. The molecule has 526 valence electrons. The van der Waals surface area contributed by atoms with Crippen LogP contribution in [0.15, 0.2) is 102 Å². The Kier molecular flexibility index (Phi) is 22.0. The molecule has 0 aliphatic carbocycles. The number of halogens is 11. The van der Waals surface area contributed by atoms with E-state index in [1.54, 1.807) is 62.5 Å². The highest BCUT2D eigenvalue weighted by atomic mass is 35.5. The number of thiazole rings is 5. The van der Waals surface area contributed by atoms with Gasteiger partial charge in [0.25, 0.3) is 5.69 Å². The number of nitro groups is 1. The summed E-state index contributed by atoms with van der Waals surface area (Å²) in [5.74, 6) is -13.8. The molecule has 0 saturated heterocycles. The topological polar surface area (TPSA) is 136 Å². The SMILES string of the molecule is Cc1cc(C)cc(-c2nc3c(C)c(Cl)c([N+](=O)[O-])c(C)c3s2)c1.Cc1ccc(C)c2sc(-c3c(F)c(F)c(F)c(F)c3F)nc12.Cc1ccc(C)c2sc(-c3c(F)cc(F)cc3F)nc12.Cc1ccc(C)c2sc(-c3cc(F)cc(F)c3)nc12.[C-]#[N+]c1c(C#N)c(C)c2nc(-c3cccs3)sc2c1C. The molecule has 0 bridgehead atoms. The lowest BCUT2D eigenvalue weighted by Gasteiger charge is -2.05. The molecule has 6 heterocycles. The summed E-state index contributed by atoms with van der Waals surface area (Å²) in [7, 11) is 0. The number of fused-ring (bicyclic) bond motifs is 5. The lowest BCUT2D eigenvalue weighted by Crippen LogP contribution is -2.03. The number of rotatable bonds is 6. The molecule has 15 aromatic rings. The van der Waals surface area contributed by atoms with Crippen molar-refractivity contribution >= 4 is 142 Å². The molecule has 0 atom stereocenters. The molecule has 0 N–H and O–H groups in total. The van der Waals surface area contributed by atoms with Crippen molar-refractivity contribution in [2.45, 2.75) is 83.1 Å². The van der Waals surface area contributed by atoms with Crippen molar-refractivity contribution < 1.29 is 48.8 Å². The predicted octanol–water partition coefficient (Wildman–Crippen LogP) is 26.0. The first kappa shape index (κ1) is 75.3. The van der Waals surface area contributed by atoms with Crippen molar-refractivity contribution in [3.63, 3.8) is 0 Å². The zero-order valence-corrected chi connectivity index (χ0v) is 62.5. The van der Waals surface area contributed by atoms with Crippen LogP contribution in [0.4, 0.5) is 55.3 Å². The number of aryl methyl sites for hydroxylation is 12. The number of benzene rings is 9. The Morgan fingerprint density at radius 3 is 1.31 bits per heavy atom. The lowest BCUT2D eigenvalue weighted by molar-refractivity contribution is -0.385. The van der Waals surface area contributed by atoms with Crippen molar-refractivity contribution in [3.8, 4) is 58.2 Å². The maximum Gasteiger partial charge on any atom is 0.292 e. The molecule has 10 nitrogen and oxygen atoms in total. The van der Waals surface area contributed by atoms with Gasteiger partial charge in [-0.05, 0) is 163 Å². The second-order valence-corrected chi connectivity index (χ2v) is 30.5. The van der Waals surface area contributed by atoms with Gasteiger partial charge in [0.2, 0.25) is 11.5 Å². The molecule has 0 radical (unpaired) electrons. The fourth-order valence-electron chi connectivity index (χ4n) is 11.4. The van der Waals surface area contributed by atoms with Gasteiger partial charge < -0.3 is 0 Å². The van der Waals surface area contributed by atoms with Gasteiger partial charge in [-0.2, -0.15) is 5.26 Å². The highest BCUT2D eigenvalue weighted by molar-refractivity contribution is 7.25. The predicted molar refractivity (Wildman–Crippen MR) is 402 cm³/mol. The quantitative estimate of drug-likeness (QED) is 0.0401. The van der Waals surface area contributed by atoms with E-state index in [9.17, 15) is 59.3 Å². The van der Waals surface area contributed by atoms with Crippen LogP contribution in [-0.4, -0.2) is 29.8 Å². The van der Waals surface area contributed by atoms with Crippen LogP contribution < -0.4 is 0 Å². The third-order valence-electron chi connectivity index (χ3n) is 16.7. The second-order valence-electron chi connectivity index (χ2n) is 24.1. The first-order valence-corrected chi connectivity index (χ1v) is 36.5. The summed E-state index contributed by atoms with van der Waals surface area (Å²) in [6.45, 7) is 30.0. The fourth-order valence-corrected chi connectivity index (χ4v) is 18.1. The monoisotopic (exact) mass is 1540 g/mol. The first-order chi connectivity index (χ1) is 49.3. The van der Waals surface area contributed by atoms with E-state index < -0.39 is 68.7 Å². The summed E-state index contributed by atoms with van der Waals surface area (Å²) < 4.78 is 139. The normalized spacial score (nSPS) is 11.1. The number of nitriles is 1. The minimum atomic E-state index is -2.17. The average Bonchev–Trinajstić information content (AvgIpc) is 1.58. The zero-order chi connectivity index (χ0) is 75.3. The molecule has 0 unspecified atom stereocenters. The van der Waals surface area contributed by atoms with Crippen molar-refractivity contribution in [2.24, 2.45) is 0 Å². The Morgan fingerprint density at radius 2 is 0.846 bits per heavy atom. The van der Waals surface area contributed by atoms with Crippen LogP contribution in [0.1, 0.15) is 72.3 Å². The highest BCUT2D eigenvalue weighted by Gasteiger charge is 2.30. The van der Waals surface area contributed by atoms with Gasteiger partial charge in [0.1, 0.15) is 59.1 Å². The van der Waals surface area contributed by atoms with Crippen molar-refractivity contribution in [1.82, 2.24) is 24.9 Å². The number of thiophene rings is 1. The summed E-state index contributed by atoms with van der Waals surface area (Å²) in [6, 6.07) is 28.7. The third kappa shape index (κ3) is 14.7. The van der Waals surface area contributed by atoms with Crippen LogP contribution in [0.5, 0.6) is 0 Å². The minimum absolute atomic E-state index is 0.0210. The summed E-state index contributed by atoms with van der Waals surface area (Å²) in [5.41, 5.74) is 15.8. The molecule has 0 spiro atoms. The van der Waals surface area contributed by atoms with Gasteiger partial charge in [-0.1, -0.05) is 71.3 Å². The van der Waals surface area contributed by atoms with E-state index >= 15 is 0 Å². The van der Waals surface area contributed by atoms with E-state index in [1.165, 1.54) is 46.1 Å². The van der Waals surface area contributed by atoms with E-state index in [-0.39, 0.29) is 26.3 Å². The van der Waals surface area contributed by atoms with Gasteiger partial charge in [0.05, 0.1) is 85.5 Å². The zero-order valence-electron chi connectivity index (χ0n) is 56.8. The molecule has 0 fully saturated rings. The van der Waals surface area contributed by atoms with Crippen LogP contribution in [0.25, 0.3) is 108 Å². The third-order valence-corrected chi connectivity index (χ3v) is 24.2. The molecule has 15 rings (SSSR count). The highest BCUT2D eigenvalue weighted by Crippen LogP contribution is 2.46. The van der Waals surface area contributed by atoms with Gasteiger partial charge in [-0.15, -0.1) is 68.0 Å². The summed E-state index contributed by atoms with van der Waals surface area (Å²) in [6.07, 6.45) is 0. The van der Waals surface area contributed by atoms with Gasteiger partial charge >= 0.3 is 0 Å². The summed E-state index contributed by atoms with van der Waals surface area (Å²) >= 11 is 14.5. The molecule has 0 saturated carbocycles. The largest absolute Gasteiger partial charge is 0.292 e. The molecule has 104 heavy (non-hydrogen) atoms. The number of nitrogens with zero attached hydrogens (tertiary/aromatic N) is 8. The molecule has 6 aromatic heterocycles. The number of hydrogen-bond acceptors (Lipinski definition) is 14. The Bertz CT molecular complexity index is 5820. The van der Waals surface area contributed by atoms with E-state index in [2.05, 4.69) is 49.0 Å². The van der Waals surface area contributed by atoms with Crippen molar-refractivity contribution in [2.75, 3.05) is 0 Å². The number of aromatic nitrogens is 5. The molecular weight excluding hydrogens is 1490 g/mol. The van der Waals surface area contributed by atoms with Gasteiger partial charge in [-0.3, -0.25) is 10.1 Å². The van der Waals surface area contributed by atoms with Crippen LogP contribution in [0.3, 0.4) is 0 Å². The van der Waals surface area contributed by atoms with E-state index in [4.69, 9.17) is 23.2 Å². The standard InChI is InChI=1S/C17H15ClN2O2S.C15H8F5NS.C15H10F3NS.C15H11F2NS.C15H9N3S2/c1-8-5-9(2)7-12(6-8)17-19-14-10(3)13(18)15(20(21)22)11(4)16(14)23-17;1-5-3-4-6(2)14-13(5)21-15(22-14)7-8(16)10(18)12(20)11(19)9(7)17;1-7-3-4-8(2)14-13(7)19-15(20-14)12-10(17)5-9(16)6-11(12)18;1-8-3-4-9(2)14-13(8)18-15(19-14)10-5-11(16)7-12(17)6-10;1-8-10(7-16)12(17-3)9(2)14-13(8)18-15(20-14)11-5-4-6-19-11/h5-7H,1-4H3;3-4H,1-2H3;3-6H,1-2H3;3-7H,1-2H3;4-6H,1-2H3. The van der Waals surface area contributed by atoms with Crippen LogP contribution in [-0.2, 0) is 0 Å². The number of nitro benzene ring substituents is 1. The second kappa shape index (κ2) is 30.4. The van der Waals surface area contributed by atoms with Crippen LogP contribution in [0.2, 0.25) is 5.02 Å². The van der Waals surface area contributed by atoms with E-state index in [1.807, 2.05) is 97.2 Å². The molecule has 27 heteroatoms. The number of hydrogen-bond donors (Lipinski definition) is 0.